The minimum absolute atomic E-state index is 0.0232. The zero-order valence-corrected chi connectivity index (χ0v) is 13.5. The quantitative estimate of drug-likeness (QED) is 0.811. The number of H-pyrrole nitrogens is 1. The van der Waals surface area contributed by atoms with E-state index in [1.807, 2.05) is 12.1 Å². The topological polar surface area (TPSA) is 79.1 Å². The largest absolute Gasteiger partial charge is 0.396 e. The molecular weight excluding hydrogens is 276 g/mol. The van der Waals surface area contributed by atoms with Crippen LogP contribution in [0.4, 0.5) is 0 Å². The van der Waals surface area contributed by atoms with Crippen molar-refractivity contribution >= 4 is 16.8 Å². The highest BCUT2D eigenvalue weighted by atomic mass is 16.3. The molecule has 1 aromatic heterocycles. The van der Waals surface area contributed by atoms with E-state index in [9.17, 15) is 9.90 Å². The van der Waals surface area contributed by atoms with Crippen molar-refractivity contribution in [3.8, 4) is 0 Å². The number of primary amides is 1. The van der Waals surface area contributed by atoms with Gasteiger partial charge in [-0.25, -0.2) is 0 Å². The SMILES string of the molecule is CC(C)(C)c1[nH]c2ccc(C3(C(N)=O)CC3)cc2c1CCO. The van der Waals surface area contributed by atoms with Crippen LogP contribution >= 0.6 is 0 Å². The van der Waals surface area contributed by atoms with Gasteiger partial charge in [0, 0.05) is 28.6 Å². The number of carbonyl (C=O) groups excluding carboxylic acids is 1. The lowest BCUT2D eigenvalue weighted by molar-refractivity contribution is -0.120. The van der Waals surface area contributed by atoms with Gasteiger partial charge in [0.15, 0.2) is 0 Å². The molecule has 0 aliphatic heterocycles. The highest BCUT2D eigenvalue weighted by molar-refractivity contribution is 5.93. The molecule has 1 aliphatic rings. The Bertz CT molecular complexity index is 733. The first-order valence-electron chi connectivity index (χ1n) is 7.86. The van der Waals surface area contributed by atoms with E-state index >= 15 is 0 Å². The van der Waals surface area contributed by atoms with Crippen molar-refractivity contribution in [2.24, 2.45) is 5.73 Å². The van der Waals surface area contributed by atoms with Gasteiger partial charge in [0.05, 0.1) is 5.41 Å². The zero-order valence-electron chi connectivity index (χ0n) is 13.5. The summed E-state index contributed by atoms with van der Waals surface area (Å²) in [4.78, 5) is 15.3. The van der Waals surface area contributed by atoms with Crippen LogP contribution in [0.3, 0.4) is 0 Å². The van der Waals surface area contributed by atoms with Crippen LogP contribution < -0.4 is 5.73 Å². The van der Waals surface area contributed by atoms with Crippen LogP contribution in [-0.4, -0.2) is 22.6 Å². The maximum absolute atomic E-state index is 11.8. The van der Waals surface area contributed by atoms with Crippen molar-refractivity contribution in [1.29, 1.82) is 0 Å². The first-order chi connectivity index (χ1) is 10.3. The number of aromatic amines is 1. The Labute approximate surface area is 130 Å². The molecule has 3 rings (SSSR count). The van der Waals surface area contributed by atoms with Crippen LogP contribution in [0, 0.1) is 0 Å². The Morgan fingerprint density at radius 2 is 2.05 bits per heavy atom. The number of hydrogen-bond acceptors (Lipinski definition) is 2. The Morgan fingerprint density at radius 3 is 2.55 bits per heavy atom. The Kier molecular flexibility index (Phi) is 3.33. The predicted molar refractivity (Wildman–Crippen MR) is 87.9 cm³/mol. The van der Waals surface area contributed by atoms with E-state index in [1.54, 1.807) is 0 Å². The van der Waals surface area contributed by atoms with Crippen molar-refractivity contribution in [2.75, 3.05) is 6.61 Å². The normalized spacial score (nSPS) is 16.9. The minimum atomic E-state index is -0.468. The highest BCUT2D eigenvalue weighted by Gasteiger charge is 2.50. The van der Waals surface area contributed by atoms with Gasteiger partial charge in [-0.05, 0) is 42.5 Å². The number of aliphatic hydroxyl groups is 1. The number of fused-ring (bicyclic) bond motifs is 1. The van der Waals surface area contributed by atoms with Crippen molar-refractivity contribution in [3.63, 3.8) is 0 Å². The van der Waals surface area contributed by atoms with Gasteiger partial charge >= 0.3 is 0 Å². The lowest BCUT2D eigenvalue weighted by Gasteiger charge is -2.19. The molecule has 1 fully saturated rings. The molecule has 0 bridgehead atoms. The van der Waals surface area contributed by atoms with Crippen molar-refractivity contribution in [2.45, 2.75) is 50.9 Å². The molecule has 1 aromatic carbocycles. The van der Waals surface area contributed by atoms with Crippen molar-refractivity contribution in [3.05, 3.63) is 35.0 Å². The zero-order chi connectivity index (χ0) is 16.1. The van der Waals surface area contributed by atoms with Gasteiger partial charge in [-0.1, -0.05) is 26.8 Å². The third kappa shape index (κ3) is 2.22. The van der Waals surface area contributed by atoms with Gasteiger partial charge in [0.1, 0.15) is 0 Å². The highest BCUT2D eigenvalue weighted by Crippen LogP contribution is 2.48. The minimum Gasteiger partial charge on any atom is -0.396 e. The summed E-state index contributed by atoms with van der Waals surface area (Å²) >= 11 is 0. The monoisotopic (exact) mass is 300 g/mol. The van der Waals surface area contributed by atoms with E-state index in [2.05, 4.69) is 31.8 Å². The Balaban J connectivity index is 2.19. The molecule has 4 nitrogen and oxygen atoms in total. The lowest BCUT2D eigenvalue weighted by atomic mass is 9.87. The fourth-order valence-corrected chi connectivity index (χ4v) is 3.36. The molecule has 1 aliphatic carbocycles. The number of nitrogens with one attached hydrogen (secondary N) is 1. The third-order valence-electron chi connectivity index (χ3n) is 4.79. The number of amides is 1. The summed E-state index contributed by atoms with van der Waals surface area (Å²) in [7, 11) is 0. The Morgan fingerprint density at radius 1 is 1.36 bits per heavy atom. The van der Waals surface area contributed by atoms with Gasteiger partial charge in [-0.2, -0.15) is 0 Å². The second kappa shape index (κ2) is 4.85. The number of aromatic nitrogens is 1. The van der Waals surface area contributed by atoms with Crippen molar-refractivity contribution in [1.82, 2.24) is 4.98 Å². The van der Waals surface area contributed by atoms with Crippen LogP contribution in [0.25, 0.3) is 10.9 Å². The average molecular weight is 300 g/mol. The summed E-state index contributed by atoms with van der Waals surface area (Å²) in [5.74, 6) is -0.234. The molecule has 22 heavy (non-hydrogen) atoms. The number of carbonyl (C=O) groups is 1. The summed E-state index contributed by atoms with van der Waals surface area (Å²) in [6, 6.07) is 6.12. The van der Waals surface area contributed by atoms with Gasteiger partial charge < -0.3 is 15.8 Å². The summed E-state index contributed by atoms with van der Waals surface area (Å²) in [5.41, 5.74) is 9.46. The molecule has 0 unspecified atom stereocenters. The molecule has 0 saturated heterocycles. The second-order valence-corrected chi connectivity index (χ2v) is 7.41. The first kappa shape index (κ1) is 15.1. The molecule has 4 N–H and O–H groups in total. The molecule has 1 saturated carbocycles. The number of rotatable bonds is 4. The standard InChI is InChI=1S/C18H24N2O2/c1-17(2,3)15-12(6-9-21)13-10-11(4-5-14(13)20-15)18(7-8-18)16(19)22/h4-5,10,20-21H,6-9H2,1-3H3,(H2,19,22). The number of benzene rings is 1. The molecule has 1 heterocycles. The second-order valence-electron chi connectivity index (χ2n) is 7.41. The fourth-order valence-electron chi connectivity index (χ4n) is 3.36. The van der Waals surface area contributed by atoms with E-state index in [4.69, 9.17) is 5.73 Å². The summed E-state index contributed by atoms with van der Waals surface area (Å²) in [5, 5.41) is 10.5. The first-order valence-corrected chi connectivity index (χ1v) is 7.86. The molecule has 2 aromatic rings. The van der Waals surface area contributed by atoms with Crippen molar-refractivity contribution < 1.29 is 9.90 Å². The van der Waals surface area contributed by atoms with Crippen LogP contribution in [0.1, 0.15) is 50.4 Å². The smallest absolute Gasteiger partial charge is 0.228 e. The fraction of sp³-hybridized carbons (Fsp3) is 0.500. The average Bonchev–Trinajstić information content (AvgIpc) is 3.17. The van der Waals surface area contributed by atoms with E-state index in [1.165, 1.54) is 0 Å². The van der Waals surface area contributed by atoms with Gasteiger partial charge in [-0.3, -0.25) is 4.79 Å². The molecule has 0 atom stereocenters. The summed E-state index contributed by atoms with van der Waals surface area (Å²) in [6.07, 6.45) is 2.28. The molecule has 0 spiro atoms. The molecule has 1 amide bonds. The van der Waals surface area contributed by atoms with E-state index in [0.29, 0.717) is 6.42 Å². The van der Waals surface area contributed by atoms with Gasteiger partial charge in [-0.15, -0.1) is 0 Å². The maximum Gasteiger partial charge on any atom is 0.228 e. The predicted octanol–water partition coefficient (Wildman–Crippen LogP) is 2.52. The number of aliphatic hydroxyl groups excluding tert-OH is 1. The summed E-state index contributed by atoms with van der Waals surface area (Å²) in [6.45, 7) is 6.59. The summed E-state index contributed by atoms with van der Waals surface area (Å²) < 4.78 is 0. The molecule has 118 valence electrons. The Hall–Kier alpha value is -1.81. The van der Waals surface area contributed by atoms with Gasteiger partial charge in [0.25, 0.3) is 0 Å². The van der Waals surface area contributed by atoms with E-state index < -0.39 is 5.41 Å². The number of hydrogen-bond donors (Lipinski definition) is 3. The van der Waals surface area contributed by atoms with Gasteiger partial charge in [0.2, 0.25) is 5.91 Å². The molecule has 4 heteroatoms. The van der Waals surface area contributed by atoms with E-state index in [0.717, 1.165) is 40.6 Å². The molecular formula is C18H24N2O2. The maximum atomic E-state index is 11.8. The van der Waals surface area contributed by atoms with E-state index in [-0.39, 0.29) is 17.9 Å². The third-order valence-corrected chi connectivity index (χ3v) is 4.79. The van der Waals surface area contributed by atoms with Crippen LogP contribution in [0.15, 0.2) is 18.2 Å². The van der Waals surface area contributed by atoms with Crippen LogP contribution in [-0.2, 0) is 22.0 Å². The molecule has 0 radical (unpaired) electrons. The lowest BCUT2D eigenvalue weighted by Crippen LogP contribution is -2.28. The van der Waals surface area contributed by atoms with Crippen LogP contribution in [0.2, 0.25) is 0 Å². The van der Waals surface area contributed by atoms with Crippen LogP contribution in [0.5, 0.6) is 0 Å². The number of nitrogens with two attached hydrogens (primary N) is 1.